The van der Waals surface area contributed by atoms with Gasteiger partial charge in [-0.25, -0.2) is 9.59 Å². The summed E-state index contributed by atoms with van der Waals surface area (Å²) in [7, 11) is 1.37. The van der Waals surface area contributed by atoms with Crippen LogP contribution in [-0.4, -0.2) is 73.9 Å². The SMILES string of the molecule is CCCc1c(OCCCN2CCCc3cc(C(=O)O)ccc32)ccc2c(C(F)(F)F)noc12.CCCc1c(OCCCN2CCCc3cc(C(=O)OC)ccc32)ccc2c(C(F)(F)F)noc12. The summed E-state index contributed by atoms with van der Waals surface area (Å²) in [6.07, 6.45) is -1.52. The molecule has 18 heteroatoms. The van der Waals surface area contributed by atoms with Crippen LogP contribution < -0.4 is 19.3 Å². The van der Waals surface area contributed by atoms with Crippen LogP contribution in [0.3, 0.4) is 0 Å². The zero-order valence-electron chi connectivity index (χ0n) is 37.4. The van der Waals surface area contributed by atoms with E-state index < -0.39 is 29.7 Å². The van der Waals surface area contributed by atoms with Crippen molar-refractivity contribution in [3.05, 3.63) is 105 Å². The number of carboxylic acid groups (broad SMARTS) is 1. The van der Waals surface area contributed by atoms with Gasteiger partial charge in [-0.3, -0.25) is 0 Å². The molecule has 67 heavy (non-hydrogen) atoms. The maximum absolute atomic E-state index is 13.2. The minimum Gasteiger partial charge on any atom is -0.493 e. The van der Waals surface area contributed by atoms with Gasteiger partial charge < -0.3 is 38.2 Å². The van der Waals surface area contributed by atoms with E-state index in [4.69, 9.17) is 23.3 Å². The van der Waals surface area contributed by atoms with Crippen LogP contribution in [0, 0.1) is 0 Å². The van der Waals surface area contributed by atoms with Gasteiger partial charge in [-0.05, 0) is 123 Å². The molecule has 0 saturated heterocycles. The third-order valence-corrected chi connectivity index (χ3v) is 11.9. The number of ether oxygens (including phenoxy) is 3. The average molecular weight is 939 g/mol. The van der Waals surface area contributed by atoms with Crippen LogP contribution in [0.4, 0.5) is 37.7 Å². The van der Waals surface area contributed by atoms with Gasteiger partial charge in [-0.15, -0.1) is 0 Å². The number of carbonyl (C=O) groups excluding carboxylic acids is 1. The van der Waals surface area contributed by atoms with Gasteiger partial charge in [-0.1, -0.05) is 37.0 Å². The lowest BCUT2D eigenvalue weighted by atomic mass is 9.99. The quantitative estimate of drug-likeness (QED) is 0.0561. The largest absolute Gasteiger partial charge is 0.493 e. The first kappa shape index (κ1) is 48.5. The minimum atomic E-state index is -4.58. The maximum Gasteiger partial charge on any atom is 0.437 e. The first-order chi connectivity index (χ1) is 32.1. The number of aromatic carboxylic acids is 1. The molecule has 2 aliphatic rings. The molecule has 4 heterocycles. The molecule has 0 atom stereocenters. The highest BCUT2D eigenvalue weighted by atomic mass is 19.4. The minimum absolute atomic E-state index is 0.0421. The lowest BCUT2D eigenvalue weighted by Crippen LogP contribution is -2.31. The van der Waals surface area contributed by atoms with E-state index in [1.54, 1.807) is 30.3 Å². The highest BCUT2D eigenvalue weighted by Gasteiger charge is 2.39. The van der Waals surface area contributed by atoms with Gasteiger partial charge >= 0.3 is 24.3 Å². The van der Waals surface area contributed by atoms with Crippen molar-refractivity contribution in [2.75, 3.05) is 56.3 Å². The molecule has 1 N–H and O–H groups in total. The lowest BCUT2D eigenvalue weighted by molar-refractivity contribution is -0.142. The smallest absolute Gasteiger partial charge is 0.437 e. The Hall–Kier alpha value is -6.46. The van der Waals surface area contributed by atoms with Crippen LogP contribution in [0.15, 0.2) is 69.7 Å². The number of halogens is 6. The Balaban J connectivity index is 0.000000199. The summed E-state index contributed by atoms with van der Waals surface area (Å²) < 4.78 is 106. The number of aromatic nitrogens is 2. The van der Waals surface area contributed by atoms with Crippen molar-refractivity contribution in [1.29, 1.82) is 0 Å². The molecule has 4 aromatic carbocycles. The maximum atomic E-state index is 13.2. The Morgan fingerprint density at radius 1 is 0.672 bits per heavy atom. The standard InChI is InChI=1S/C25H27F3N2O4.C24H25F3N2O4/c1-3-6-18-21(11-9-19-22(18)34-29-23(19)25(26,27)28)33-14-5-13-30-12-4-7-16-15-17(24(31)32-2)8-10-20(16)30;1-2-5-17-20(10-8-18-21(17)33-28-22(18)24(25,26)27)32-13-4-12-29-11-3-6-15-14-16(23(30)31)7-9-19(15)29/h8-11,15H,3-7,12-14H2,1-2H3;7-10,14H,2-6,11-13H2,1H3,(H,30,31). The fourth-order valence-electron chi connectivity index (χ4n) is 8.80. The van der Waals surface area contributed by atoms with Crippen molar-refractivity contribution in [3.8, 4) is 11.5 Å². The van der Waals surface area contributed by atoms with E-state index in [2.05, 4.69) is 20.1 Å². The molecule has 6 aromatic rings. The predicted molar refractivity (Wildman–Crippen MR) is 238 cm³/mol. The van der Waals surface area contributed by atoms with Crippen LogP contribution >= 0.6 is 0 Å². The molecule has 0 amide bonds. The van der Waals surface area contributed by atoms with E-state index in [1.165, 1.54) is 19.2 Å². The van der Waals surface area contributed by atoms with Gasteiger partial charge in [0.15, 0.2) is 22.6 Å². The third-order valence-electron chi connectivity index (χ3n) is 11.9. The number of carboxylic acids is 1. The molecule has 0 fully saturated rings. The summed E-state index contributed by atoms with van der Waals surface area (Å²) in [5.41, 5.74) is 4.59. The second kappa shape index (κ2) is 21.0. The molecular weight excluding hydrogens is 887 g/mol. The monoisotopic (exact) mass is 938 g/mol. The zero-order valence-corrected chi connectivity index (χ0v) is 37.4. The summed E-state index contributed by atoms with van der Waals surface area (Å²) in [4.78, 5) is 27.5. The number of anilines is 2. The van der Waals surface area contributed by atoms with Crippen molar-refractivity contribution in [2.24, 2.45) is 0 Å². The molecule has 2 aromatic heterocycles. The molecule has 0 aliphatic carbocycles. The molecule has 0 saturated carbocycles. The lowest BCUT2D eigenvalue weighted by Gasteiger charge is -2.31. The molecule has 0 spiro atoms. The van der Waals surface area contributed by atoms with Crippen LogP contribution in [0.1, 0.15) is 107 Å². The van der Waals surface area contributed by atoms with Crippen molar-refractivity contribution >= 4 is 45.3 Å². The number of esters is 1. The van der Waals surface area contributed by atoms with Gasteiger partial charge in [0.1, 0.15) is 11.5 Å². The van der Waals surface area contributed by atoms with Gasteiger partial charge in [0, 0.05) is 48.7 Å². The van der Waals surface area contributed by atoms with Gasteiger partial charge in [-0.2, -0.15) is 26.3 Å². The number of hydrogen-bond donors (Lipinski definition) is 1. The highest BCUT2D eigenvalue weighted by molar-refractivity contribution is 5.91. The predicted octanol–water partition coefficient (Wildman–Crippen LogP) is 11.5. The molecule has 358 valence electrons. The molecular formula is C49H52F6N4O8. The van der Waals surface area contributed by atoms with E-state index in [1.807, 2.05) is 32.0 Å². The van der Waals surface area contributed by atoms with Crippen LogP contribution in [0.25, 0.3) is 21.9 Å². The van der Waals surface area contributed by atoms with Crippen molar-refractivity contribution in [2.45, 2.75) is 90.4 Å². The normalized spacial score (nSPS) is 13.8. The van der Waals surface area contributed by atoms with Gasteiger partial charge in [0.05, 0.1) is 42.2 Å². The van der Waals surface area contributed by atoms with Crippen LogP contribution in [0.2, 0.25) is 0 Å². The molecule has 0 bridgehead atoms. The highest BCUT2D eigenvalue weighted by Crippen LogP contribution is 2.40. The molecule has 2 aliphatic heterocycles. The second-order valence-electron chi connectivity index (χ2n) is 16.5. The summed E-state index contributed by atoms with van der Waals surface area (Å²) in [5, 5.41) is 15.6. The number of rotatable bonds is 16. The third kappa shape index (κ3) is 11.1. The van der Waals surface area contributed by atoms with E-state index in [9.17, 15) is 41.0 Å². The van der Waals surface area contributed by atoms with Crippen molar-refractivity contribution in [1.82, 2.24) is 10.3 Å². The fourth-order valence-corrected chi connectivity index (χ4v) is 8.80. The van der Waals surface area contributed by atoms with E-state index >= 15 is 0 Å². The molecule has 0 radical (unpaired) electrons. The average Bonchev–Trinajstić information content (AvgIpc) is 3.96. The number of fused-ring (bicyclic) bond motifs is 4. The number of alkyl halides is 6. The number of methoxy groups -OCH3 is 1. The summed E-state index contributed by atoms with van der Waals surface area (Å²) in [5.74, 6) is -0.236. The number of hydrogen-bond acceptors (Lipinski definition) is 11. The Bertz CT molecular complexity index is 2690. The number of nitrogens with zero attached hydrogens (tertiary/aromatic N) is 4. The van der Waals surface area contributed by atoms with Crippen LogP contribution in [-0.2, 0) is 42.8 Å². The van der Waals surface area contributed by atoms with Gasteiger partial charge in [0.2, 0.25) is 0 Å². The first-order valence-corrected chi connectivity index (χ1v) is 22.4. The summed E-state index contributed by atoms with van der Waals surface area (Å²) in [6, 6.07) is 16.7. The number of benzene rings is 4. The zero-order chi connectivity index (χ0) is 47.9. The van der Waals surface area contributed by atoms with Crippen molar-refractivity contribution in [3.63, 3.8) is 0 Å². The van der Waals surface area contributed by atoms with Crippen LogP contribution in [0.5, 0.6) is 11.5 Å². The Morgan fingerprint density at radius 2 is 1.12 bits per heavy atom. The number of aryl methyl sites for hydroxylation is 4. The van der Waals surface area contributed by atoms with E-state index in [0.717, 1.165) is 93.6 Å². The number of carbonyl (C=O) groups is 2. The summed E-state index contributed by atoms with van der Waals surface area (Å²) in [6.45, 7) is 7.97. The molecule has 0 unspecified atom stereocenters. The second-order valence-corrected chi connectivity index (χ2v) is 16.5. The topological polar surface area (TPSA) is 141 Å². The van der Waals surface area contributed by atoms with Crippen molar-refractivity contribution < 1.29 is 64.3 Å². The van der Waals surface area contributed by atoms with E-state index in [0.29, 0.717) is 66.2 Å². The molecule has 12 nitrogen and oxygen atoms in total. The van der Waals surface area contributed by atoms with E-state index in [-0.39, 0.29) is 27.9 Å². The van der Waals surface area contributed by atoms with Gasteiger partial charge in [0.25, 0.3) is 0 Å². The Kier molecular flexibility index (Phi) is 15.2. The molecule has 8 rings (SSSR count). The fraction of sp³-hybridized carbons (Fsp3) is 0.429. The summed E-state index contributed by atoms with van der Waals surface area (Å²) >= 11 is 0. The Morgan fingerprint density at radius 3 is 1.54 bits per heavy atom. The first-order valence-electron chi connectivity index (χ1n) is 22.4. The Labute approximate surface area is 382 Å².